The fraction of sp³-hybridized carbons (Fsp3) is 0.154. The van der Waals surface area contributed by atoms with E-state index in [0.717, 1.165) is 21.6 Å². The maximum absolute atomic E-state index is 13.9. The quantitative estimate of drug-likeness (QED) is 0.378. The minimum atomic E-state index is -0.612. The van der Waals surface area contributed by atoms with Gasteiger partial charge in [-0.25, -0.2) is 4.39 Å². The number of rotatable bonds is 4. The molecule has 1 aliphatic heterocycles. The number of thioether (sulfide) groups is 1. The van der Waals surface area contributed by atoms with Crippen LogP contribution in [0, 0.1) is 12.7 Å². The van der Waals surface area contributed by atoms with E-state index in [0.29, 0.717) is 6.54 Å². The van der Waals surface area contributed by atoms with Crippen molar-refractivity contribution in [2.24, 2.45) is 0 Å². The van der Waals surface area contributed by atoms with E-state index in [4.69, 9.17) is 4.42 Å². The maximum Gasteiger partial charge on any atom is 0.291 e. The third kappa shape index (κ3) is 3.41. The molecule has 0 aliphatic carbocycles. The van der Waals surface area contributed by atoms with Crippen LogP contribution < -0.4 is 5.43 Å². The van der Waals surface area contributed by atoms with Crippen LogP contribution in [0.2, 0.25) is 0 Å². The fourth-order valence-corrected chi connectivity index (χ4v) is 4.59. The molecule has 0 fully saturated rings. The second kappa shape index (κ2) is 7.95. The molecule has 2 heterocycles. The SMILES string of the molecule is CSc1ccc(C2c3c(oc4ccc(F)cc4c3=O)C(=O)N2Cc2ccc(C)cc2)cc1. The number of hydrogen-bond donors (Lipinski definition) is 0. The Morgan fingerprint density at radius 3 is 2.41 bits per heavy atom. The molecular weight excluding hydrogens is 425 g/mol. The van der Waals surface area contributed by atoms with Crippen molar-refractivity contribution in [2.45, 2.75) is 24.4 Å². The Morgan fingerprint density at radius 1 is 1.00 bits per heavy atom. The first-order valence-corrected chi connectivity index (χ1v) is 11.5. The van der Waals surface area contributed by atoms with Gasteiger partial charge in [-0.15, -0.1) is 11.8 Å². The molecule has 0 saturated carbocycles. The second-order valence-corrected chi connectivity index (χ2v) is 8.79. The molecule has 0 N–H and O–H groups in total. The summed E-state index contributed by atoms with van der Waals surface area (Å²) in [6, 6.07) is 18.9. The average Bonchev–Trinajstić information content (AvgIpc) is 3.08. The van der Waals surface area contributed by atoms with Gasteiger partial charge >= 0.3 is 0 Å². The predicted octanol–water partition coefficient (Wildman–Crippen LogP) is 5.71. The molecule has 4 nitrogen and oxygen atoms in total. The average molecular weight is 446 g/mol. The highest BCUT2D eigenvalue weighted by atomic mass is 32.2. The lowest BCUT2D eigenvalue weighted by atomic mass is 9.98. The highest BCUT2D eigenvalue weighted by Crippen LogP contribution is 2.39. The number of amides is 1. The van der Waals surface area contributed by atoms with Gasteiger partial charge in [-0.2, -0.15) is 0 Å². The van der Waals surface area contributed by atoms with Crippen LogP contribution in [0.3, 0.4) is 0 Å². The van der Waals surface area contributed by atoms with E-state index < -0.39 is 11.9 Å². The van der Waals surface area contributed by atoms with Gasteiger partial charge in [-0.05, 0) is 54.6 Å². The highest BCUT2D eigenvalue weighted by Gasteiger charge is 2.42. The predicted molar refractivity (Wildman–Crippen MR) is 124 cm³/mol. The number of nitrogens with zero attached hydrogens (tertiary/aromatic N) is 1. The lowest BCUT2D eigenvalue weighted by molar-refractivity contribution is 0.0714. The molecule has 32 heavy (non-hydrogen) atoms. The minimum absolute atomic E-state index is 0.0279. The van der Waals surface area contributed by atoms with Crippen molar-refractivity contribution in [3.8, 4) is 0 Å². The van der Waals surface area contributed by atoms with Gasteiger partial charge in [0.25, 0.3) is 5.91 Å². The van der Waals surface area contributed by atoms with E-state index in [2.05, 4.69) is 0 Å². The summed E-state index contributed by atoms with van der Waals surface area (Å²) >= 11 is 1.62. The summed E-state index contributed by atoms with van der Waals surface area (Å²) in [5.41, 5.74) is 2.98. The van der Waals surface area contributed by atoms with Crippen molar-refractivity contribution < 1.29 is 13.6 Å². The molecular formula is C26H20FNO3S. The summed E-state index contributed by atoms with van der Waals surface area (Å²) in [4.78, 5) is 29.6. The molecule has 0 radical (unpaired) electrons. The summed E-state index contributed by atoms with van der Waals surface area (Å²) in [6.45, 7) is 2.33. The zero-order valence-corrected chi connectivity index (χ0v) is 18.4. The van der Waals surface area contributed by atoms with Gasteiger partial charge in [0.2, 0.25) is 5.76 Å². The van der Waals surface area contributed by atoms with Gasteiger partial charge in [0.15, 0.2) is 5.43 Å². The molecule has 1 unspecified atom stereocenters. The van der Waals surface area contributed by atoms with Gasteiger partial charge in [0.05, 0.1) is 17.0 Å². The van der Waals surface area contributed by atoms with Crippen LogP contribution in [-0.2, 0) is 6.54 Å². The molecule has 5 rings (SSSR count). The maximum atomic E-state index is 13.9. The van der Waals surface area contributed by atoms with Gasteiger partial charge < -0.3 is 9.32 Å². The molecule has 1 atom stereocenters. The van der Waals surface area contributed by atoms with Crippen LogP contribution in [0.4, 0.5) is 4.39 Å². The number of carbonyl (C=O) groups is 1. The van der Waals surface area contributed by atoms with Crippen molar-refractivity contribution in [3.05, 3.63) is 111 Å². The Balaban J connectivity index is 1.70. The summed E-state index contributed by atoms with van der Waals surface area (Å²) in [7, 11) is 0. The van der Waals surface area contributed by atoms with E-state index in [9.17, 15) is 14.0 Å². The number of carbonyl (C=O) groups excluding carboxylic acids is 1. The van der Waals surface area contributed by atoms with Crippen molar-refractivity contribution in [2.75, 3.05) is 6.26 Å². The Labute approximate surface area is 188 Å². The Kier molecular flexibility index (Phi) is 5.10. The zero-order valence-electron chi connectivity index (χ0n) is 17.6. The van der Waals surface area contributed by atoms with E-state index in [1.807, 2.05) is 61.7 Å². The van der Waals surface area contributed by atoms with Gasteiger partial charge in [0, 0.05) is 11.4 Å². The summed E-state index contributed by atoms with van der Waals surface area (Å²) in [6.07, 6.45) is 1.99. The van der Waals surface area contributed by atoms with E-state index in [1.54, 1.807) is 16.7 Å². The van der Waals surface area contributed by atoms with E-state index in [1.165, 1.54) is 18.2 Å². The standard InChI is InChI=1S/C26H20FNO3S/c1-15-3-5-16(6-4-15)14-28-23(17-7-10-19(32-2)11-8-17)22-24(29)20-13-18(27)9-12-21(20)31-25(22)26(28)30/h3-13,23H,14H2,1-2H3. The van der Waals surface area contributed by atoms with Crippen LogP contribution >= 0.6 is 11.8 Å². The molecule has 1 aliphatic rings. The number of hydrogen-bond acceptors (Lipinski definition) is 4. The monoisotopic (exact) mass is 445 g/mol. The molecule has 0 saturated heterocycles. The van der Waals surface area contributed by atoms with Crippen molar-refractivity contribution in [3.63, 3.8) is 0 Å². The fourth-order valence-electron chi connectivity index (χ4n) is 4.18. The lowest BCUT2D eigenvalue weighted by Gasteiger charge is -2.25. The number of halogens is 1. The van der Waals surface area contributed by atoms with Crippen molar-refractivity contribution in [1.29, 1.82) is 0 Å². The number of fused-ring (bicyclic) bond motifs is 2. The number of benzene rings is 3. The third-order valence-corrected chi connectivity index (χ3v) is 6.58. The van der Waals surface area contributed by atoms with Crippen molar-refractivity contribution in [1.82, 2.24) is 4.90 Å². The van der Waals surface area contributed by atoms with Crippen LogP contribution in [0.5, 0.6) is 0 Å². The molecule has 160 valence electrons. The molecule has 3 aromatic carbocycles. The van der Waals surface area contributed by atoms with E-state index >= 15 is 0 Å². The normalized spacial score (nSPS) is 15.4. The summed E-state index contributed by atoms with van der Waals surface area (Å²) in [5.74, 6) is -0.838. The molecule has 0 spiro atoms. The van der Waals surface area contributed by atoms with Gasteiger partial charge in [-0.1, -0.05) is 42.0 Å². The van der Waals surface area contributed by atoms with Crippen molar-refractivity contribution >= 4 is 28.6 Å². The van der Waals surface area contributed by atoms with Crippen LogP contribution in [-0.4, -0.2) is 17.1 Å². The van der Waals surface area contributed by atoms with Gasteiger partial charge in [-0.3, -0.25) is 9.59 Å². The topological polar surface area (TPSA) is 50.5 Å². The molecule has 6 heteroatoms. The molecule has 1 amide bonds. The first-order valence-electron chi connectivity index (χ1n) is 10.2. The Bertz CT molecular complexity index is 1390. The smallest absolute Gasteiger partial charge is 0.291 e. The van der Waals surface area contributed by atoms with Gasteiger partial charge in [0.1, 0.15) is 11.4 Å². The second-order valence-electron chi connectivity index (χ2n) is 7.91. The van der Waals surface area contributed by atoms with Crippen LogP contribution in [0.15, 0.2) is 80.8 Å². The summed E-state index contributed by atoms with van der Waals surface area (Å²) in [5, 5.41) is 0.138. The molecule has 1 aromatic heterocycles. The number of aryl methyl sites for hydroxylation is 1. The summed E-state index contributed by atoms with van der Waals surface area (Å²) < 4.78 is 19.8. The minimum Gasteiger partial charge on any atom is -0.450 e. The zero-order chi connectivity index (χ0) is 22.4. The van der Waals surface area contributed by atoms with Crippen LogP contribution in [0.25, 0.3) is 11.0 Å². The van der Waals surface area contributed by atoms with E-state index in [-0.39, 0.29) is 33.6 Å². The largest absolute Gasteiger partial charge is 0.450 e. The first-order chi connectivity index (χ1) is 15.5. The lowest BCUT2D eigenvalue weighted by Crippen LogP contribution is -2.29. The Hall–Kier alpha value is -3.38. The highest BCUT2D eigenvalue weighted by molar-refractivity contribution is 7.98. The van der Waals surface area contributed by atoms with Crippen LogP contribution in [0.1, 0.15) is 38.9 Å². The third-order valence-electron chi connectivity index (χ3n) is 5.83. The molecule has 0 bridgehead atoms. The molecule has 4 aromatic rings. The first kappa shape index (κ1) is 20.5. The Morgan fingerprint density at radius 2 is 1.72 bits per heavy atom.